The first-order valence-corrected chi connectivity index (χ1v) is 8.81. The van der Waals surface area contributed by atoms with Gasteiger partial charge in [-0.25, -0.2) is 9.18 Å². The van der Waals surface area contributed by atoms with Gasteiger partial charge in [0, 0.05) is 19.3 Å². The molecule has 0 saturated heterocycles. The normalized spacial score (nSPS) is 11.7. The van der Waals surface area contributed by atoms with Crippen LogP contribution >= 0.6 is 24.0 Å². The van der Waals surface area contributed by atoms with E-state index in [1.807, 2.05) is 19.1 Å². The molecule has 2 aromatic rings. The average molecular weight is 516 g/mol. The summed E-state index contributed by atoms with van der Waals surface area (Å²) in [5, 5.41) is 8.99. The maximum Gasteiger partial charge on any atom is 0.411 e. The number of aliphatic imine (C=N–C) groups is 1. The molecule has 9 heteroatoms. The van der Waals surface area contributed by atoms with Gasteiger partial charge in [-0.3, -0.25) is 10.3 Å². The number of anilines is 1. The number of carbonyl (C=O) groups excluding carboxylic acids is 1. The molecule has 0 aromatic heterocycles. The van der Waals surface area contributed by atoms with Gasteiger partial charge in [0.15, 0.2) is 5.96 Å². The molecule has 1 atom stereocenters. The van der Waals surface area contributed by atoms with Gasteiger partial charge in [0.25, 0.3) is 0 Å². The Bertz CT molecular complexity index is 785. The summed E-state index contributed by atoms with van der Waals surface area (Å²) in [5.74, 6) is 0.947. The van der Waals surface area contributed by atoms with Crippen LogP contribution in [-0.2, 0) is 11.3 Å². The van der Waals surface area contributed by atoms with Gasteiger partial charge in [-0.2, -0.15) is 0 Å². The van der Waals surface area contributed by atoms with E-state index in [4.69, 9.17) is 4.74 Å². The highest BCUT2D eigenvalue weighted by atomic mass is 127. The summed E-state index contributed by atoms with van der Waals surface area (Å²) in [6.45, 7) is 3.00. The van der Waals surface area contributed by atoms with E-state index in [9.17, 15) is 9.18 Å². The van der Waals surface area contributed by atoms with Crippen molar-refractivity contribution < 1.29 is 18.7 Å². The van der Waals surface area contributed by atoms with Crippen LogP contribution in [0.15, 0.2) is 53.5 Å². The third kappa shape index (κ3) is 8.99. The number of carbonyl (C=O) groups is 1. The lowest BCUT2D eigenvalue weighted by atomic mass is 10.2. The third-order valence-electron chi connectivity index (χ3n) is 3.78. The third-order valence-corrected chi connectivity index (χ3v) is 3.78. The van der Waals surface area contributed by atoms with Gasteiger partial charge < -0.3 is 20.1 Å². The van der Waals surface area contributed by atoms with Crippen molar-refractivity contribution in [1.82, 2.24) is 10.6 Å². The van der Waals surface area contributed by atoms with Crippen molar-refractivity contribution in [3.63, 3.8) is 0 Å². The minimum Gasteiger partial charge on any atom is -0.489 e. The summed E-state index contributed by atoms with van der Waals surface area (Å²) < 4.78 is 23.2. The Balaban J connectivity index is 0.00000420. The molecule has 29 heavy (non-hydrogen) atoms. The van der Waals surface area contributed by atoms with E-state index in [2.05, 4.69) is 25.7 Å². The van der Waals surface area contributed by atoms with Gasteiger partial charge in [-0.05, 0) is 48.9 Å². The molecular weight excluding hydrogens is 490 g/mol. The van der Waals surface area contributed by atoms with Gasteiger partial charge in [0.1, 0.15) is 17.7 Å². The number of ether oxygens (including phenoxy) is 2. The molecule has 1 unspecified atom stereocenters. The van der Waals surface area contributed by atoms with E-state index < -0.39 is 6.09 Å². The molecule has 7 nitrogen and oxygen atoms in total. The fourth-order valence-corrected chi connectivity index (χ4v) is 2.31. The van der Waals surface area contributed by atoms with Crippen LogP contribution in [0.2, 0.25) is 0 Å². The molecule has 0 aliphatic heterocycles. The molecule has 0 fully saturated rings. The summed E-state index contributed by atoms with van der Waals surface area (Å²) in [6, 6.07) is 13.3. The maximum absolute atomic E-state index is 12.9. The summed E-state index contributed by atoms with van der Waals surface area (Å²) in [7, 11) is 3.00. The second-order valence-electron chi connectivity index (χ2n) is 6.00. The minimum atomic E-state index is -0.507. The van der Waals surface area contributed by atoms with Crippen LogP contribution < -0.4 is 20.7 Å². The van der Waals surface area contributed by atoms with Gasteiger partial charge in [-0.1, -0.05) is 12.1 Å². The Morgan fingerprint density at radius 2 is 1.76 bits per heavy atom. The Morgan fingerprint density at radius 1 is 1.10 bits per heavy atom. The Labute approximate surface area is 187 Å². The number of hydrogen-bond acceptors (Lipinski definition) is 4. The van der Waals surface area contributed by atoms with Crippen LogP contribution in [0, 0.1) is 5.82 Å². The Morgan fingerprint density at radius 3 is 2.34 bits per heavy atom. The van der Waals surface area contributed by atoms with Crippen LogP contribution in [0.4, 0.5) is 14.9 Å². The lowest BCUT2D eigenvalue weighted by Crippen LogP contribution is -2.41. The highest BCUT2D eigenvalue weighted by Crippen LogP contribution is 2.13. The number of methoxy groups -OCH3 is 1. The van der Waals surface area contributed by atoms with Crippen LogP contribution in [0.5, 0.6) is 5.75 Å². The topological polar surface area (TPSA) is 84.0 Å². The average Bonchev–Trinajstić information content (AvgIpc) is 2.71. The minimum absolute atomic E-state index is 0. The number of nitrogens with one attached hydrogen (secondary N) is 3. The highest BCUT2D eigenvalue weighted by molar-refractivity contribution is 14.0. The Hall–Kier alpha value is -2.56. The molecule has 0 radical (unpaired) electrons. The molecule has 2 rings (SSSR count). The molecule has 0 saturated carbocycles. The largest absolute Gasteiger partial charge is 0.489 e. The fourth-order valence-electron chi connectivity index (χ4n) is 2.31. The highest BCUT2D eigenvalue weighted by Gasteiger charge is 2.06. The molecule has 0 spiro atoms. The second kappa shape index (κ2) is 12.8. The predicted octanol–water partition coefficient (Wildman–Crippen LogP) is 3.75. The van der Waals surface area contributed by atoms with Crippen molar-refractivity contribution in [1.29, 1.82) is 0 Å². The monoisotopic (exact) mass is 516 g/mol. The first-order chi connectivity index (χ1) is 13.5. The maximum atomic E-state index is 12.9. The molecule has 1 amide bonds. The second-order valence-corrected chi connectivity index (χ2v) is 6.00. The van der Waals surface area contributed by atoms with Crippen LogP contribution in [0.3, 0.4) is 0 Å². The van der Waals surface area contributed by atoms with Gasteiger partial charge in [0.2, 0.25) is 0 Å². The van der Waals surface area contributed by atoms with Crippen molar-refractivity contribution in [2.45, 2.75) is 19.6 Å². The van der Waals surface area contributed by atoms with Crippen LogP contribution in [0.1, 0.15) is 12.5 Å². The first kappa shape index (κ1) is 24.5. The molecule has 158 valence electrons. The zero-order chi connectivity index (χ0) is 20.4. The molecule has 0 heterocycles. The van der Waals surface area contributed by atoms with Crippen LogP contribution in [0.25, 0.3) is 0 Å². The molecule has 0 aliphatic rings. The SMILES string of the molecule is CN=C(NCc1ccc(NC(=O)OC)cc1)NCC(C)Oc1ccc(F)cc1.I. The number of benzene rings is 2. The van der Waals surface area contributed by atoms with Crippen LogP contribution in [-0.4, -0.2) is 38.9 Å². The van der Waals surface area contributed by atoms with E-state index in [0.717, 1.165) is 5.56 Å². The fraction of sp³-hybridized carbons (Fsp3) is 0.300. The van der Waals surface area contributed by atoms with E-state index in [1.165, 1.54) is 19.2 Å². The Kier molecular flexibility index (Phi) is 10.8. The number of halogens is 2. The smallest absolute Gasteiger partial charge is 0.411 e. The molecule has 2 aromatic carbocycles. The summed E-state index contributed by atoms with van der Waals surface area (Å²) >= 11 is 0. The molecular formula is C20H26FIN4O3. The van der Waals surface area contributed by atoms with E-state index in [-0.39, 0.29) is 35.9 Å². The zero-order valence-corrected chi connectivity index (χ0v) is 18.9. The van der Waals surface area contributed by atoms with E-state index in [1.54, 1.807) is 31.3 Å². The number of nitrogens with zero attached hydrogens (tertiary/aromatic N) is 1. The molecule has 0 bridgehead atoms. The van der Waals surface area contributed by atoms with Gasteiger partial charge >= 0.3 is 6.09 Å². The van der Waals surface area contributed by atoms with Crippen molar-refractivity contribution >= 4 is 41.7 Å². The van der Waals surface area contributed by atoms with E-state index >= 15 is 0 Å². The zero-order valence-electron chi connectivity index (χ0n) is 16.6. The standard InChI is InChI=1S/C20H25FN4O3.HI/c1-14(28-18-10-6-16(21)7-11-18)12-23-19(22-2)24-13-15-4-8-17(9-5-15)25-20(26)27-3;/h4-11,14H,12-13H2,1-3H3,(H,25,26)(H2,22,23,24);1H. The lowest BCUT2D eigenvalue weighted by molar-refractivity contribution is 0.187. The summed E-state index contributed by atoms with van der Waals surface area (Å²) in [4.78, 5) is 15.4. The number of hydrogen-bond donors (Lipinski definition) is 3. The van der Waals surface area contributed by atoms with Crippen molar-refractivity contribution in [3.05, 3.63) is 59.9 Å². The summed E-state index contributed by atoms with van der Waals surface area (Å²) in [5.41, 5.74) is 1.68. The van der Waals surface area contributed by atoms with Crippen molar-refractivity contribution in [3.8, 4) is 5.75 Å². The van der Waals surface area contributed by atoms with E-state index in [0.29, 0.717) is 30.5 Å². The number of rotatable bonds is 7. The number of guanidine groups is 1. The lowest BCUT2D eigenvalue weighted by Gasteiger charge is -2.18. The quantitative estimate of drug-likeness (QED) is 0.297. The first-order valence-electron chi connectivity index (χ1n) is 8.81. The molecule has 3 N–H and O–H groups in total. The summed E-state index contributed by atoms with van der Waals surface area (Å²) in [6.07, 6.45) is -0.639. The predicted molar refractivity (Wildman–Crippen MR) is 123 cm³/mol. The number of amides is 1. The van der Waals surface area contributed by atoms with Gasteiger partial charge in [-0.15, -0.1) is 24.0 Å². The van der Waals surface area contributed by atoms with Crippen molar-refractivity contribution in [2.24, 2.45) is 4.99 Å². The molecule has 0 aliphatic carbocycles. The van der Waals surface area contributed by atoms with Gasteiger partial charge in [0.05, 0.1) is 13.7 Å². The van der Waals surface area contributed by atoms with Crippen molar-refractivity contribution in [2.75, 3.05) is 26.0 Å².